The van der Waals surface area contributed by atoms with Gasteiger partial charge in [-0.1, -0.05) is 48.5 Å². The molecule has 29 heavy (non-hydrogen) atoms. The minimum atomic E-state index is -1.05. The number of para-hydroxylation sites is 1. The van der Waals surface area contributed by atoms with E-state index >= 15 is 0 Å². The Balaban J connectivity index is 1.87. The van der Waals surface area contributed by atoms with Gasteiger partial charge in [-0.3, -0.25) is 4.99 Å². The van der Waals surface area contributed by atoms with Gasteiger partial charge < -0.3 is 19.5 Å². The summed E-state index contributed by atoms with van der Waals surface area (Å²) >= 11 is 0. The van der Waals surface area contributed by atoms with Gasteiger partial charge in [-0.05, 0) is 23.8 Å². The van der Waals surface area contributed by atoms with E-state index in [9.17, 15) is 4.79 Å². The number of carbonyl (C=O) groups is 1. The second-order valence-electron chi connectivity index (χ2n) is 6.53. The van der Waals surface area contributed by atoms with E-state index in [1.807, 2.05) is 66.9 Å². The Hall–Kier alpha value is -3.80. The molecule has 0 spiro atoms. The first-order valence-corrected chi connectivity index (χ1v) is 9.16. The van der Waals surface area contributed by atoms with Crippen molar-refractivity contribution in [2.24, 2.45) is 4.99 Å². The topological polar surface area (TPSA) is 71.4 Å². The first kappa shape index (κ1) is 18.6. The van der Waals surface area contributed by atoms with Gasteiger partial charge in [0.2, 0.25) is 0 Å². The van der Waals surface area contributed by atoms with Crippen LogP contribution in [0.15, 0.2) is 77.8 Å². The molecule has 0 bridgehead atoms. The molecule has 0 amide bonds. The second kappa shape index (κ2) is 8.06. The fourth-order valence-electron chi connectivity index (χ4n) is 3.28. The zero-order chi connectivity index (χ0) is 20.2. The van der Waals surface area contributed by atoms with Crippen molar-refractivity contribution in [2.45, 2.75) is 6.17 Å². The number of hydrogen-bond donors (Lipinski definition) is 1. The average molecular weight is 388 g/mol. The summed E-state index contributed by atoms with van der Waals surface area (Å²) in [6, 6.07) is 23.6. The molecule has 1 unspecified atom stereocenters. The third-order valence-corrected chi connectivity index (χ3v) is 4.62. The maximum atomic E-state index is 10.9. The van der Waals surface area contributed by atoms with E-state index in [4.69, 9.17) is 19.6 Å². The van der Waals surface area contributed by atoms with E-state index in [-0.39, 0.29) is 6.17 Å². The molecule has 6 nitrogen and oxygen atoms in total. The number of ether oxygens (including phenoxy) is 2. The lowest BCUT2D eigenvalue weighted by Crippen LogP contribution is -2.38. The number of nitrogens with zero attached hydrogens (tertiary/aromatic N) is 2. The summed E-state index contributed by atoms with van der Waals surface area (Å²) in [5.41, 5.74) is 2.06. The summed E-state index contributed by atoms with van der Waals surface area (Å²) in [6.45, 7) is -0.443. The summed E-state index contributed by atoms with van der Waals surface area (Å²) in [7, 11) is 1.52. The Labute approximate surface area is 168 Å². The average Bonchev–Trinajstić information content (AvgIpc) is 2.77. The van der Waals surface area contributed by atoms with Gasteiger partial charge in [0.15, 0.2) is 24.3 Å². The lowest BCUT2D eigenvalue weighted by atomic mass is 10.1. The zero-order valence-electron chi connectivity index (χ0n) is 15.9. The number of aliphatic carboxylic acids is 1. The highest BCUT2D eigenvalue weighted by Crippen LogP contribution is 2.30. The smallest absolute Gasteiger partial charge is 0.341 e. The van der Waals surface area contributed by atoms with Crippen LogP contribution in [0.3, 0.4) is 0 Å². The van der Waals surface area contributed by atoms with Gasteiger partial charge >= 0.3 is 5.97 Å². The van der Waals surface area contributed by atoms with Crippen molar-refractivity contribution in [1.29, 1.82) is 0 Å². The molecule has 1 atom stereocenters. The van der Waals surface area contributed by atoms with Crippen molar-refractivity contribution in [1.82, 2.24) is 0 Å². The molecule has 1 aliphatic rings. The predicted octanol–water partition coefficient (Wildman–Crippen LogP) is 2.74. The van der Waals surface area contributed by atoms with E-state index < -0.39 is 12.6 Å². The fraction of sp³-hybridized carbons (Fsp3) is 0.130. The molecule has 3 aromatic rings. The van der Waals surface area contributed by atoms with E-state index in [1.165, 1.54) is 7.11 Å². The highest BCUT2D eigenvalue weighted by Gasteiger charge is 2.22. The van der Waals surface area contributed by atoms with Gasteiger partial charge in [0, 0.05) is 23.2 Å². The maximum absolute atomic E-state index is 10.9. The van der Waals surface area contributed by atoms with Gasteiger partial charge in [0.1, 0.15) is 0 Å². The van der Waals surface area contributed by atoms with Crippen LogP contribution in [0, 0.1) is 0 Å². The van der Waals surface area contributed by atoms with E-state index in [1.54, 1.807) is 12.1 Å². The van der Waals surface area contributed by atoms with Gasteiger partial charge in [0.05, 0.1) is 12.5 Å². The molecule has 3 aromatic carbocycles. The van der Waals surface area contributed by atoms with Crippen molar-refractivity contribution in [3.05, 3.63) is 88.9 Å². The summed E-state index contributed by atoms with van der Waals surface area (Å²) in [4.78, 5) is 17.9. The van der Waals surface area contributed by atoms with E-state index in [0.717, 1.165) is 21.8 Å². The summed E-state index contributed by atoms with van der Waals surface area (Å²) in [5, 5.41) is 10.5. The Morgan fingerprint density at radius 3 is 2.38 bits per heavy atom. The SMILES string of the molecule is COc1cc2c(cc1OCC(=O)O)=CN(c1ccccc1)C(c1ccccc1)N=2. The Bertz CT molecular complexity index is 1130. The van der Waals surface area contributed by atoms with Crippen LogP contribution in [-0.4, -0.2) is 24.8 Å². The number of benzene rings is 3. The molecule has 0 saturated heterocycles. The minimum absolute atomic E-state index is 0.235. The van der Waals surface area contributed by atoms with Crippen molar-refractivity contribution in [2.75, 3.05) is 18.6 Å². The van der Waals surface area contributed by atoms with Crippen LogP contribution < -0.4 is 24.9 Å². The van der Waals surface area contributed by atoms with E-state index in [0.29, 0.717) is 11.5 Å². The zero-order valence-corrected chi connectivity index (χ0v) is 15.9. The maximum Gasteiger partial charge on any atom is 0.341 e. The van der Waals surface area contributed by atoms with Crippen LogP contribution in [-0.2, 0) is 4.79 Å². The quantitative estimate of drug-likeness (QED) is 0.703. The number of rotatable bonds is 6. The molecule has 0 aromatic heterocycles. The van der Waals surface area contributed by atoms with Crippen molar-refractivity contribution in [3.8, 4) is 11.5 Å². The van der Waals surface area contributed by atoms with Crippen LogP contribution in [0.2, 0.25) is 0 Å². The molecule has 0 aliphatic carbocycles. The Kier molecular flexibility index (Phi) is 5.16. The molecule has 0 saturated carbocycles. The molecule has 1 heterocycles. The van der Waals surface area contributed by atoms with E-state index in [2.05, 4.69) is 4.90 Å². The lowest BCUT2D eigenvalue weighted by molar-refractivity contribution is -0.139. The third kappa shape index (κ3) is 3.91. The molecule has 1 N–H and O–H groups in total. The van der Waals surface area contributed by atoms with Crippen molar-refractivity contribution in [3.63, 3.8) is 0 Å². The number of carboxylic acid groups (broad SMARTS) is 1. The molecule has 0 fully saturated rings. The number of carboxylic acids is 1. The molecule has 6 heteroatoms. The first-order chi connectivity index (χ1) is 14.2. The van der Waals surface area contributed by atoms with Crippen molar-refractivity contribution < 1.29 is 19.4 Å². The van der Waals surface area contributed by atoms with Crippen LogP contribution >= 0.6 is 0 Å². The molecule has 146 valence electrons. The summed E-state index contributed by atoms with van der Waals surface area (Å²) in [5.74, 6) is -0.234. The number of anilines is 1. The normalized spacial score (nSPS) is 14.9. The monoisotopic (exact) mass is 388 g/mol. The highest BCUT2D eigenvalue weighted by molar-refractivity contribution is 5.68. The van der Waals surface area contributed by atoms with Crippen LogP contribution in [0.5, 0.6) is 11.5 Å². The predicted molar refractivity (Wildman–Crippen MR) is 109 cm³/mol. The lowest BCUT2D eigenvalue weighted by Gasteiger charge is -2.30. The van der Waals surface area contributed by atoms with Crippen molar-refractivity contribution >= 4 is 17.9 Å². The minimum Gasteiger partial charge on any atom is -0.493 e. The van der Waals surface area contributed by atoms with Gasteiger partial charge in [-0.15, -0.1) is 0 Å². The molecule has 1 aliphatic heterocycles. The van der Waals surface area contributed by atoms with Gasteiger partial charge in [-0.2, -0.15) is 0 Å². The summed E-state index contributed by atoms with van der Waals surface area (Å²) < 4.78 is 10.8. The number of fused-ring (bicyclic) bond motifs is 1. The number of methoxy groups -OCH3 is 1. The Morgan fingerprint density at radius 1 is 1.03 bits per heavy atom. The molecular weight excluding hydrogens is 368 g/mol. The Morgan fingerprint density at radius 2 is 1.72 bits per heavy atom. The number of hydrogen-bond acceptors (Lipinski definition) is 5. The third-order valence-electron chi connectivity index (χ3n) is 4.62. The van der Waals surface area contributed by atoms with Gasteiger partial charge in [0.25, 0.3) is 0 Å². The van der Waals surface area contributed by atoms with Crippen LogP contribution in [0.1, 0.15) is 11.7 Å². The van der Waals surface area contributed by atoms with Crippen LogP contribution in [0.4, 0.5) is 5.69 Å². The molecule has 4 rings (SSSR count). The second-order valence-corrected chi connectivity index (χ2v) is 6.53. The summed E-state index contributed by atoms with van der Waals surface area (Å²) in [6.07, 6.45) is 1.77. The molecule has 0 radical (unpaired) electrons. The van der Waals surface area contributed by atoms with Crippen LogP contribution in [0.25, 0.3) is 6.20 Å². The van der Waals surface area contributed by atoms with Gasteiger partial charge in [-0.25, -0.2) is 4.79 Å². The first-order valence-electron chi connectivity index (χ1n) is 9.16. The largest absolute Gasteiger partial charge is 0.493 e. The standard InChI is InChI=1S/C23H20N2O4/c1-28-20-13-19-17(12-21(20)29-15-22(26)27)14-25(18-10-6-3-7-11-18)23(24-19)16-8-4-2-5-9-16/h2-14,23H,15H2,1H3,(H,26,27). The molecular formula is C23H20N2O4. The fourth-order valence-corrected chi connectivity index (χ4v) is 3.28. The highest BCUT2D eigenvalue weighted by atomic mass is 16.5.